The van der Waals surface area contributed by atoms with Crippen LogP contribution in [-0.4, -0.2) is 24.7 Å². The van der Waals surface area contributed by atoms with Crippen molar-refractivity contribution in [3.05, 3.63) is 75.9 Å². The van der Waals surface area contributed by atoms with Gasteiger partial charge in [-0.05, 0) is 36.4 Å². The molecule has 4 rings (SSSR count). The monoisotopic (exact) mass is 369 g/mol. The van der Waals surface area contributed by atoms with Crippen LogP contribution >= 0.6 is 23.4 Å². The van der Waals surface area contributed by atoms with E-state index in [2.05, 4.69) is 20.2 Å². The molecule has 4 aromatic rings. The van der Waals surface area contributed by atoms with Crippen molar-refractivity contribution in [3.63, 3.8) is 0 Å². The molecule has 0 bridgehead atoms. The number of benzene rings is 1. The zero-order chi connectivity index (χ0) is 17.2. The number of thioether (sulfide) groups is 1. The van der Waals surface area contributed by atoms with Crippen LogP contribution in [0, 0.1) is 0 Å². The summed E-state index contributed by atoms with van der Waals surface area (Å²) < 4.78 is 1.57. The van der Waals surface area contributed by atoms with Crippen molar-refractivity contribution in [3.8, 4) is 5.69 Å². The number of hydrogen-bond donors (Lipinski definition) is 1. The molecular formula is C17H12ClN5OS. The van der Waals surface area contributed by atoms with E-state index in [9.17, 15) is 4.79 Å². The van der Waals surface area contributed by atoms with Gasteiger partial charge in [0.25, 0.3) is 5.56 Å². The number of halogens is 1. The van der Waals surface area contributed by atoms with Gasteiger partial charge in [0.2, 0.25) is 0 Å². The van der Waals surface area contributed by atoms with Crippen molar-refractivity contribution in [1.29, 1.82) is 0 Å². The van der Waals surface area contributed by atoms with Crippen LogP contribution in [0.5, 0.6) is 0 Å². The van der Waals surface area contributed by atoms with Gasteiger partial charge in [0.05, 0.1) is 17.6 Å². The number of nitrogens with one attached hydrogen (secondary N) is 1. The molecule has 0 aliphatic carbocycles. The Bertz CT molecular complexity index is 1080. The summed E-state index contributed by atoms with van der Waals surface area (Å²) in [5.74, 6) is 0.598. The van der Waals surface area contributed by atoms with E-state index in [1.165, 1.54) is 18.0 Å². The predicted octanol–water partition coefficient (Wildman–Crippen LogP) is 3.45. The number of aromatic amines is 1. The summed E-state index contributed by atoms with van der Waals surface area (Å²) in [6.07, 6.45) is 3.23. The first-order valence-electron chi connectivity index (χ1n) is 7.47. The molecule has 124 valence electrons. The Morgan fingerprint density at radius 3 is 2.76 bits per heavy atom. The first kappa shape index (κ1) is 15.9. The summed E-state index contributed by atoms with van der Waals surface area (Å²) in [7, 11) is 0. The van der Waals surface area contributed by atoms with E-state index in [1.54, 1.807) is 35.0 Å². The fourth-order valence-corrected chi connectivity index (χ4v) is 3.46. The molecule has 0 saturated heterocycles. The predicted molar refractivity (Wildman–Crippen MR) is 98.3 cm³/mol. The molecule has 0 aliphatic rings. The Morgan fingerprint density at radius 1 is 1.16 bits per heavy atom. The standard InChI is InChI=1S/C17H12ClN5OS/c18-11-4-6-13(7-5-11)23-16(24)14-9-20-22-15(14)21-17(23)25-10-12-3-1-2-8-19-12/h1-9H,10H2,(H,20,22). The third kappa shape index (κ3) is 3.16. The molecule has 25 heavy (non-hydrogen) atoms. The summed E-state index contributed by atoms with van der Waals surface area (Å²) in [6, 6.07) is 12.8. The van der Waals surface area contributed by atoms with Crippen molar-refractivity contribution in [2.75, 3.05) is 0 Å². The quantitative estimate of drug-likeness (QED) is 0.440. The zero-order valence-corrected chi connectivity index (χ0v) is 14.5. The Balaban J connectivity index is 1.82. The molecule has 0 fully saturated rings. The van der Waals surface area contributed by atoms with Gasteiger partial charge in [-0.25, -0.2) is 4.98 Å². The minimum Gasteiger partial charge on any atom is -0.268 e. The van der Waals surface area contributed by atoms with E-state index < -0.39 is 0 Å². The fraction of sp³-hybridized carbons (Fsp3) is 0.0588. The molecule has 1 aromatic carbocycles. The van der Waals surface area contributed by atoms with Crippen molar-refractivity contribution in [2.24, 2.45) is 0 Å². The minimum absolute atomic E-state index is 0.176. The van der Waals surface area contributed by atoms with Crippen molar-refractivity contribution < 1.29 is 0 Å². The molecule has 0 amide bonds. The second-order valence-electron chi connectivity index (χ2n) is 5.25. The average Bonchev–Trinajstić information content (AvgIpc) is 3.11. The van der Waals surface area contributed by atoms with Gasteiger partial charge in [-0.1, -0.05) is 29.4 Å². The molecule has 0 aliphatic heterocycles. The molecule has 1 N–H and O–H groups in total. The van der Waals surface area contributed by atoms with Gasteiger partial charge in [-0.2, -0.15) is 5.10 Å². The van der Waals surface area contributed by atoms with Crippen molar-refractivity contribution >= 4 is 34.4 Å². The molecule has 0 radical (unpaired) electrons. The second-order valence-corrected chi connectivity index (χ2v) is 6.63. The summed E-state index contributed by atoms with van der Waals surface area (Å²) in [4.78, 5) is 21.8. The highest BCUT2D eigenvalue weighted by molar-refractivity contribution is 7.98. The number of pyridine rings is 1. The fourth-order valence-electron chi connectivity index (χ4n) is 2.41. The number of H-pyrrole nitrogens is 1. The van der Waals surface area contributed by atoms with Gasteiger partial charge in [0.15, 0.2) is 10.8 Å². The largest absolute Gasteiger partial charge is 0.269 e. The van der Waals surface area contributed by atoms with Gasteiger partial charge in [0.1, 0.15) is 5.39 Å². The molecule has 0 atom stereocenters. The van der Waals surface area contributed by atoms with Gasteiger partial charge in [-0.15, -0.1) is 0 Å². The van der Waals surface area contributed by atoms with Crippen LogP contribution < -0.4 is 5.56 Å². The summed E-state index contributed by atoms with van der Waals surface area (Å²) >= 11 is 7.41. The molecule has 0 saturated carbocycles. The second kappa shape index (κ2) is 6.70. The molecule has 3 aromatic heterocycles. The smallest absolute Gasteiger partial charge is 0.268 e. The van der Waals surface area contributed by atoms with Gasteiger partial charge >= 0.3 is 0 Å². The third-order valence-electron chi connectivity index (χ3n) is 3.61. The van der Waals surface area contributed by atoms with E-state index in [-0.39, 0.29) is 5.56 Å². The van der Waals surface area contributed by atoms with Crippen LogP contribution in [0.25, 0.3) is 16.7 Å². The SMILES string of the molecule is O=c1c2cn[nH]c2nc(SCc2ccccn2)n1-c1ccc(Cl)cc1. The molecule has 0 unspecified atom stereocenters. The Morgan fingerprint density at radius 2 is 2.00 bits per heavy atom. The van der Waals surface area contributed by atoms with Gasteiger partial charge in [-0.3, -0.25) is 19.4 Å². The number of fused-ring (bicyclic) bond motifs is 1. The summed E-state index contributed by atoms with van der Waals surface area (Å²) in [6.45, 7) is 0. The lowest BCUT2D eigenvalue weighted by molar-refractivity contribution is 0.815. The lowest BCUT2D eigenvalue weighted by atomic mass is 10.3. The van der Waals surface area contributed by atoms with Crippen LogP contribution in [-0.2, 0) is 5.75 Å². The van der Waals surface area contributed by atoms with E-state index in [0.29, 0.717) is 32.7 Å². The number of aromatic nitrogens is 5. The Hall–Kier alpha value is -2.64. The number of nitrogens with zero attached hydrogens (tertiary/aromatic N) is 4. The number of rotatable bonds is 4. The van der Waals surface area contributed by atoms with Gasteiger partial charge in [0, 0.05) is 17.0 Å². The van der Waals surface area contributed by atoms with Gasteiger partial charge < -0.3 is 0 Å². The highest BCUT2D eigenvalue weighted by atomic mass is 35.5. The van der Waals surface area contributed by atoms with Crippen molar-refractivity contribution in [2.45, 2.75) is 10.9 Å². The molecular weight excluding hydrogens is 358 g/mol. The Labute approximate surface area is 151 Å². The lowest BCUT2D eigenvalue weighted by Crippen LogP contribution is -2.21. The van der Waals surface area contributed by atoms with E-state index in [1.807, 2.05) is 18.2 Å². The summed E-state index contributed by atoms with van der Waals surface area (Å²) in [5, 5.41) is 8.30. The Kier molecular flexibility index (Phi) is 4.25. The number of hydrogen-bond acceptors (Lipinski definition) is 5. The normalized spacial score (nSPS) is 11.1. The topological polar surface area (TPSA) is 76.5 Å². The maximum atomic E-state index is 12.9. The van der Waals surface area contributed by atoms with Crippen molar-refractivity contribution in [1.82, 2.24) is 24.7 Å². The lowest BCUT2D eigenvalue weighted by Gasteiger charge is -2.11. The average molecular weight is 370 g/mol. The first-order chi connectivity index (χ1) is 12.2. The van der Waals surface area contributed by atoms with E-state index in [0.717, 1.165) is 5.69 Å². The zero-order valence-electron chi connectivity index (χ0n) is 12.9. The minimum atomic E-state index is -0.176. The van der Waals surface area contributed by atoms with Crippen LogP contribution in [0.15, 0.2) is 64.8 Å². The molecule has 0 spiro atoms. The third-order valence-corrected chi connectivity index (χ3v) is 4.84. The van der Waals surface area contributed by atoms with Crippen LogP contribution in [0.3, 0.4) is 0 Å². The highest BCUT2D eigenvalue weighted by Gasteiger charge is 2.15. The van der Waals surface area contributed by atoms with Crippen LogP contribution in [0.1, 0.15) is 5.69 Å². The van der Waals surface area contributed by atoms with E-state index in [4.69, 9.17) is 11.6 Å². The first-order valence-corrected chi connectivity index (χ1v) is 8.83. The molecule has 6 nitrogen and oxygen atoms in total. The van der Waals surface area contributed by atoms with E-state index >= 15 is 0 Å². The maximum absolute atomic E-state index is 12.9. The molecule has 3 heterocycles. The summed E-state index contributed by atoms with van der Waals surface area (Å²) in [5.41, 5.74) is 1.91. The maximum Gasteiger partial charge on any atom is 0.269 e. The molecule has 8 heteroatoms. The van der Waals surface area contributed by atoms with Crippen LogP contribution in [0.4, 0.5) is 0 Å². The van der Waals surface area contributed by atoms with Crippen LogP contribution in [0.2, 0.25) is 5.02 Å². The highest BCUT2D eigenvalue weighted by Crippen LogP contribution is 2.24.